The molecule has 56 heavy (non-hydrogen) atoms. The van der Waals surface area contributed by atoms with Crippen LogP contribution in [0.15, 0.2) is 0 Å². The van der Waals surface area contributed by atoms with E-state index in [1.165, 1.54) is 0 Å². The molecule has 0 radical (unpaired) electrons. The van der Waals surface area contributed by atoms with E-state index < -0.39 is 146 Å². The molecule has 0 aromatic rings. The van der Waals surface area contributed by atoms with Gasteiger partial charge in [-0.2, -0.15) is 0 Å². The van der Waals surface area contributed by atoms with Crippen LogP contribution < -0.4 is 275 Å². The van der Waals surface area contributed by atoms with E-state index in [0.29, 0.717) is 0 Å². The molecule has 0 aliphatic carbocycles. The number of carboxylic acids is 7. The molecule has 0 bridgehead atoms. The molecule has 0 fully saturated rings. The normalized spacial score (nSPS) is 12.4. The van der Waals surface area contributed by atoms with E-state index in [9.17, 15) is 93.3 Å². The fraction of sp³-hybridized carbons (Fsp3) is 0.500. The molecule has 6 unspecified atom stereocenters. The molecule has 0 rings (SSSR count). The Labute approximate surface area is 471 Å². The van der Waals surface area contributed by atoms with Crippen LogP contribution in [0.3, 0.4) is 0 Å². The van der Waals surface area contributed by atoms with E-state index in [2.05, 4.69) is 0 Å². The number of rotatable bonds is 23. The molecule has 25 nitrogen and oxygen atoms in total. The zero-order valence-electron chi connectivity index (χ0n) is 31.5. The number of hydrogen-bond acceptors (Lipinski definition) is 20. The third-order valence-corrected chi connectivity index (χ3v) is 5.73. The second-order valence-electron chi connectivity index (χ2n) is 9.71. The molecule has 0 saturated heterocycles. The third-order valence-electron chi connectivity index (χ3n) is 5.73. The molecule has 272 valence electrons. The second-order valence-corrected chi connectivity index (χ2v) is 9.71. The summed E-state index contributed by atoms with van der Waals surface area (Å²) in [5, 5.41) is 85.6. The van der Waals surface area contributed by atoms with Crippen molar-refractivity contribution >= 4 is 71.3 Å². The summed E-state index contributed by atoms with van der Waals surface area (Å²) < 4.78 is 0. The van der Waals surface area contributed by atoms with Gasteiger partial charge in [0, 0.05) is 37.2 Å². The molecular formula is C24H25N6Na7O19. The summed E-state index contributed by atoms with van der Waals surface area (Å²) in [6.45, 7) is 0. The predicted molar refractivity (Wildman–Crippen MR) is 130 cm³/mol. The minimum atomic E-state index is -2.42. The largest absolute Gasteiger partial charge is 1.00 e. The smallest absolute Gasteiger partial charge is 0.550 e. The average molecular weight is 862 g/mol. The van der Waals surface area contributed by atoms with Crippen molar-refractivity contribution in [3.05, 3.63) is 0 Å². The Morgan fingerprint density at radius 2 is 0.571 bits per heavy atom. The summed E-state index contributed by atoms with van der Waals surface area (Å²) in [5.74, 6) is -22.1. The first kappa shape index (κ1) is 74.1. The van der Waals surface area contributed by atoms with Gasteiger partial charge in [0.2, 0.25) is 29.5 Å². The van der Waals surface area contributed by atoms with Gasteiger partial charge in [0.15, 0.2) is 0 Å². The van der Waals surface area contributed by atoms with Crippen LogP contribution in [0.1, 0.15) is 38.5 Å². The van der Waals surface area contributed by atoms with Crippen molar-refractivity contribution in [2.75, 3.05) is 0 Å². The first-order valence-electron chi connectivity index (χ1n) is 13.2. The van der Waals surface area contributed by atoms with E-state index in [1.54, 1.807) is 26.6 Å². The Morgan fingerprint density at radius 1 is 0.339 bits per heavy atom. The molecular weight excluding hydrogens is 837 g/mol. The van der Waals surface area contributed by atoms with Gasteiger partial charge in [-0.25, -0.2) is 0 Å². The summed E-state index contributed by atoms with van der Waals surface area (Å²) >= 11 is 0. The average Bonchev–Trinajstić information content (AvgIpc) is 2.94. The fourth-order valence-corrected chi connectivity index (χ4v) is 3.46. The molecule has 0 aliphatic rings. The number of nitrogens with two attached hydrogens (primary N) is 1. The van der Waals surface area contributed by atoms with Crippen molar-refractivity contribution < 1.29 is 300 Å². The number of carbonyl (C=O) groups excluding carboxylic acids is 12. The van der Waals surface area contributed by atoms with Crippen LogP contribution in [0.4, 0.5) is 0 Å². The SMILES string of the molecule is NC(CC(=O)[O-])C(=O)NC(CC(=O)NC(CC(=O)[O-])C(=O)NC(CC(=O)NC(CC(=O)NC(CC(=O)[O-])C(=O)[O-])C(=O)[O-])C(=O)[O-])C(=O)[O-].[Na+].[Na+].[Na+].[Na+].[Na+].[Na+].[Na+]. The molecule has 0 spiro atoms. The second kappa shape index (κ2) is 38.5. The fourth-order valence-electron chi connectivity index (χ4n) is 3.46. The number of aliphatic carboxylic acids is 7. The number of carbonyl (C=O) groups is 12. The number of nitrogens with one attached hydrogen (secondary N) is 5. The van der Waals surface area contributed by atoms with Gasteiger partial charge < -0.3 is 102 Å². The minimum absolute atomic E-state index is 0. The molecule has 32 heteroatoms. The van der Waals surface area contributed by atoms with Crippen molar-refractivity contribution in [1.29, 1.82) is 0 Å². The van der Waals surface area contributed by atoms with E-state index in [1.807, 2.05) is 0 Å². The molecule has 0 saturated carbocycles. The van der Waals surface area contributed by atoms with Gasteiger partial charge >= 0.3 is 207 Å². The van der Waals surface area contributed by atoms with Crippen molar-refractivity contribution in [3.63, 3.8) is 0 Å². The maximum Gasteiger partial charge on any atom is 1.00 e. The minimum Gasteiger partial charge on any atom is -0.550 e. The summed E-state index contributed by atoms with van der Waals surface area (Å²) in [7, 11) is 0. The van der Waals surface area contributed by atoms with E-state index in [4.69, 9.17) is 5.73 Å². The number of carboxylic acid groups (broad SMARTS) is 7. The summed E-state index contributed by atoms with van der Waals surface area (Å²) in [6.07, 6.45) is -7.76. The third kappa shape index (κ3) is 33.3. The van der Waals surface area contributed by atoms with E-state index in [-0.39, 0.29) is 207 Å². The molecule has 6 atom stereocenters. The molecule has 0 heterocycles. The molecule has 0 aliphatic heterocycles. The maximum absolute atomic E-state index is 12.6. The Hall–Kier alpha value is 0.600. The van der Waals surface area contributed by atoms with Gasteiger partial charge in [0.25, 0.3) is 0 Å². The summed E-state index contributed by atoms with van der Waals surface area (Å²) in [5.41, 5.74) is 5.24. The van der Waals surface area contributed by atoms with Crippen LogP contribution in [-0.4, -0.2) is 108 Å². The van der Waals surface area contributed by atoms with E-state index in [0.717, 1.165) is 0 Å². The van der Waals surface area contributed by atoms with E-state index >= 15 is 0 Å². The maximum atomic E-state index is 12.6. The Morgan fingerprint density at radius 3 is 0.857 bits per heavy atom. The first-order chi connectivity index (χ1) is 22.5. The van der Waals surface area contributed by atoms with Gasteiger partial charge in [0.05, 0.1) is 73.3 Å². The summed E-state index contributed by atoms with van der Waals surface area (Å²) in [6, 6.07) is -13.3. The summed E-state index contributed by atoms with van der Waals surface area (Å²) in [4.78, 5) is 139. The molecule has 5 amide bonds. The Balaban J connectivity index is -0.000000549. The molecule has 0 aromatic heterocycles. The van der Waals surface area contributed by atoms with Crippen molar-refractivity contribution in [2.24, 2.45) is 5.73 Å². The standard InChI is InChI=1S/C24H32N6O19.7Na/c25-7(1-16(34)35)19(40)29-10(22(44)45)3-13(31)26-8(5-17(36)37)20(41)30-11(23(46)47)4-15(33)27-9(21(42)43)2-14(32)28-12(24(48)49)6-18(38)39;;;;;;;/h7-12H,1-6,25H2,(H,26,31)(H,27,33)(H,28,32)(H,29,40)(H,30,41)(H,34,35)(H,36,37)(H,38,39)(H,42,43)(H,44,45)(H,46,47)(H,48,49);;;;;;;/q;7*+1/p-7. The number of hydrogen-bond donors (Lipinski definition) is 6. The van der Waals surface area contributed by atoms with Gasteiger partial charge in [-0.05, 0) is 0 Å². The Kier molecular flexibility index (Phi) is 51.0. The van der Waals surface area contributed by atoms with Crippen LogP contribution in [0.25, 0.3) is 0 Å². The van der Waals surface area contributed by atoms with Crippen molar-refractivity contribution in [3.8, 4) is 0 Å². The van der Waals surface area contributed by atoms with Crippen LogP contribution in [-0.2, 0) is 57.5 Å². The first-order valence-corrected chi connectivity index (χ1v) is 13.2. The van der Waals surface area contributed by atoms with Gasteiger partial charge in [0.1, 0.15) is 6.04 Å². The van der Waals surface area contributed by atoms with Gasteiger partial charge in [-0.1, -0.05) is 0 Å². The molecule has 7 N–H and O–H groups in total. The van der Waals surface area contributed by atoms with Crippen LogP contribution in [0.5, 0.6) is 0 Å². The quantitative estimate of drug-likeness (QED) is 0.0519. The zero-order chi connectivity index (χ0) is 38.2. The Bertz CT molecular complexity index is 1400. The van der Waals surface area contributed by atoms with Crippen LogP contribution in [0, 0.1) is 0 Å². The number of amides is 5. The van der Waals surface area contributed by atoms with Gasteiger partial charge in [-0.15, -0.1) is 0 Å². The van der Waals surface area contributed by atoms with Crippen molar-refractivity contribution in [2.45, 2.75) is 74.8 Å². The predicted octanol–water partition coefficient (Wildman–Crippen LogP) is -36.6. The van der Waals surface area contributed by atoms with Crippen LogP contribution in [0.2, 0.25) is 0 Å². The molecule has 0 aromatic carbocycles. The topological polar surface area (TPSA) is 452 Å². The monoisotopic (exact) mass is 862 g/mol. The van der Waals surface area contributed by atoms with Gasteiger partial charge in [-0.3, -0.25) is 24.0 Å². The van der Waals surface area contributed by atoms with Crippen LogP contribution >= 0.6 is 0 Å². The zero-order valence-corrected chi connectivity index (χ0v) is 45.5. The van der Waals surface area contributed by atoms with Crippen molar-refractivity contribution in [1.82, 2.24) is 26.6 Å².